The van der Waals surface area contributed by atoms with Crippen LogP contribution in [-0.4, -0.2) is 79.3 Å². The zero-order chi connectivity index (χ0) is 23.8. The Bertz CT molecular complexity index is 1040. The van der Waals surface area contributed by atoms with Crippen molar-refractivity contribution in [1.82, 2.24) is 19.4 Å². The Kier molecular flexibility index (Phi) is 5.83. The number of fused-ring (bicyclic) bond motifs is 1. The minimum Gasteiger partial charge on any atom is -0.489 e. The number of carboxylic acid groups (broad SMARTS) is 1. The van der Waals surface area contributed by atoms with Gasteiger partial charge >= 0.3 is 17.9 Å². The minimum atomic E-state index is -0.961. The van der Waals surface area contributed by atoms with Crippen LogP contribution in [0.3, 0.4) is 0 Å². The molecule has 33 heavy (non-hydrogen) atoms. The fourth-order valence-corrected chi connectivity index (χ4v) is 4.11. The molecule has 1 aromatic carbocycles. The summed E-state index contributed by atoms with van der Waals surface area (Å²) in [5.41, 5.74) is -0.234. The third kappa shape index (κ3) is 4.54. The van der Waals surface area contributed by atoms with E-state index >= 15 is 0 Å². The lowest BCUT2D eigenvalue weighted by molar-refractivity contribution is -0.389. The normalized spacial score (nSPS) is 21.9. The van der Waals surface area contributed by atoms with Gasteiger partial charge in [-0.15, -0.1) is 0 Å². The number of aromatic nitrogens is 2. The first-order chi connectivity index (χ1) is 15.7. The highest BCUT2D eigenvalue weighted by atomic mass is 16.6. The number of carbonyl (C=O) groups is 2. The van der Waals surface area contributed by atoms with Gasteiger partial charge in [0.2, 0.25) is 0 Å². The van der Waals surface area contributed by atoms with Gasteiger partial charge in [0, 0.05) is 30.2 Å². The number of piperazine rings is 1. The van der Waals surface area contributed by atoms with Crippen molar-refractivity contribution in [2.75, 3.05) is 26.2 Å². The molecule has 2 atom stereocenters. The lowest BCUT2D eigenvalue weighted by Crippen LogP contribution is -2.56. The summed E-state index contributed by atoms with van der Waals surface area (Å²) in [6, 6.07) is 6.70. The van der Waals surface area contributed by atoms with Crippen molar-refractivity contribution >= 4 is 17.8 Å². The predicted molar refractivity (Wildman–Crippen MR) is 115 cm³/mol. The van der Waals surface area contributed by atoms with Gasteiger partial charge in [0.25, 0.3) is 5.91 Å². The molecule has 0 bridgehead atoms. The number of hydrogen-bond acceptors (Lipinski definition) is 7. The Labute approximate surface area is 189 Å². The van der Waals surface area contributed by atoms with Crippen molar-refractivity contribution in [3.8, 4) is 11.8 Å². The average molecular weight is 459 g/mol. The van der Waals surface area contributed by atoms with E-state index in [2.05, 4.69) is 4.98 Å². The van der Waals surface area contributed by atoms with Gasteiger partial charge in [0.15, 0.2) is 5.60 Å². The molecule has 1 fully saturated rings. The van der Waals surface area contributed by atoms with Crippen LogP contribution in [0.25, 0.3) is 0 Å². The van der Waals surface area contributed by atoms with Gasteiger partial charge in [0.1, 0.15) is 18.6 Å². The second-order valence-corrected chi connectivity index (χ2v) is 8.42. The number of nitrogens with zero attached hydrogens (tertiary/aromatic N) is 5. The van der Waals surface area contributed by atoms with Crippen LogP contribution >= 0.6 is 0 Å². The van der Waals surface area contributed by atoms with Gasteiger partial charge in [-0.3, -0.25) is 9.36 Å². The summed E-state index contributed by atoms with van der Waals surface area (Å²) >= 11 is 0. The zero-order valence-electron chi connectivity index (χ0n) is 18.3. The minimum absolute atomic E-state index is 0.150. The van der Waals surface area contributed by atoms with E-state index in [9.17, 15) is 24.8 Å². The van der Waals surface area contributed by atoms with Gasteiger partial charge in [-0.2, -0.15) is 0 Å². The number of amides is 2. The van der Waals surface area contributed by atoms with Crippen molar-refractivity contribution in [3.05, 3.63) is 46.1 Å². The van der Waals surface area contributed by atoms with E-state index < -0.39 is 16.6 Å². The second-order valence-electron chi connectivity index (χ2n) is 8.42. The monoisotopic (exact) mass is 459 g/mol. The molecule has 1 aromatic heterocycles. The molecule has 0 radical (unpaired) electrons. The van der Waals surface area contributed by atoms with Crippen LogP contribution in [0.4, 0.5) is 10.6 Å². The molecule has 3 heterocycles. The van der Waals surface area contributed by atoms with Gasteiger partial charge in [-0.1, -0.05) is 6.92 Å². The number of benzene rings is 1. The van der Waals surface area contributed by atoms with E-state index in [1.165, 1.54) is 11.1 Å². The van der Waals surface area contributed by atoms with Crippen LogP contribution in [-0.2, 0) is 6.54 Å². The van der Waals surface area contributed by atoms with Gasteiger partial charge < -0.3 is 34.5 Å². The summed E-state index contributed by atoms with van der Waals surface area (Å²) in [5.74, 6) is 0.139. The molecule has 176 valence electrons. The number of carbonyl (C=O) groups excluding carboxylic acids is 1. The Hall–Kier alpha value is -3.83. The summed E-state index contributed by atoms with van der Waals surface area (Å²) in [5, 5.41) is 20.1. The maximum absolute atomic E-state index is 12.9. The van der Waals surface area contributed by atoms with Crippen LogP contribution in [0.1, 0.15) is 30.6 Å². The Balaban J connectivity index is 1.33. The van der Waals surface area contributed by atoms with Gasteiger partial charge in [0.05, 0.1) is 12.6 Å². The lowest BCUT2D eigenvalue weighted by atomic mass is 10.1. The summed E-state index contributed by atoms with van der Waals surface area (Å²) in [6.45, 7) is 5.29. The van der Waals surface area contributed by atoms with E-state index in [0.29, 0.717) is 43.9 Å². The van der Waals surface area contributed by atoms with Gasteiger partial charge in [-0.05, 0) is 42.5 Å². The number of nitro groups is 1. The molecule has 0 saturated carbocycles. The molecular formula is C21H25N5O7. The molecule has 1 N–H and O–H groups in total. The predicted octanol–water partition coefficient (Wildman–Crippen LogP) is 2.24. The molecule has 12 heteroatoms. The highest BCUT2D eigenvalue weighted by Gasteiger charge is 2.41. The molecule has 2 aliphatic heterocycles. The van der Waals surface area contributed by atoms with E-state index in [-0.39, 0.29) is 30.4 Å². The fourth-order valence-electron chi connectivity index (χ4n) is 4.11. The van der Waals surface area contributed by atoms with E-state index in [1.54, 1.807) is 33.7 Å². The fraction of sp³-hybridized carbons (Fsp3) is 0.476. The summed E-state index contributed by atoms with van der Waals surface area (Å²) in [7, 11) is 0. The summed E-state index contributed by atoms with van der Waals surface area (Å²) in [6.07, 6.45) is 1.01. The SMILES string of the molecule is CC[C@@H]1CN(C(=O)c2ccc(OCC3(C)Cn4cc([N+](=O)[O-])nc4O3)cc2)CCN1C(=O)O. The number of hydrogen-bond donors (Lipinski definition) is 1. The highest BCUT2D eigenvalue weighted by Crippen LogP contribution is 2.31. The van der Waals surface area contributed by atoms with Crippen molar-refractivity contribution in [3.63, 3.8) is 0 Å². The Morgan fingerprint density at radius 2 is 2.06 bits per heavy atom. The average Bonchev–Trinajstić information content (AvgIpc) is 3.32. The Morgan fingerprint density at radius 1 is 1.33 bits per heavy atom. The third-order valence-corrected chi connectivity index (χ3v) is 5.89. The molecule has 12 nitrogen and oxygen atoms in total. The first-order valence-corrected chi connectivity index (χ1v) is 10.6. The standard InChI is InChI=1S/C21H25N5O7/c1-3-15-10-23(8-9-25(15)20(28)29)18(27)14-4-6-16(7-5-14)32-13-21(2)12-24-11-17(26(30)31)22-19(24)33-21/h4-7,11,15H,3,8-10,12-13H2,1-2H3,(H,28,29)/t15-,21?/m1/s1. The van der Waals surface area contributed by atoms with Crippen molar-refractivity contribution < 1.29 is 29.1 Å². The Morgan fingerprint density at radius 3 is 2.67 bits per heavy atom. The van der Waals surface area contributed by atoms with Crippen LogP contribution in [0, 0.1) is 10.1 Å². The van der Waals surface area contributed by atoms with Crippen LogP contribution < -0.4 is 9.47 Å². The number of imidazole rings is 1. The molecule has 2 amide bonds. The topological polar surface area (TPSA) is 140 Å². The smallest absolute Gasteiger partial charge is 0.415 e. The van der Waals surface area contributed by atoms with Crippen LogP contribution in [0.15, 0.2) is 30.5 Å². The van der Waals surface area contributed by atoms with E-state index in [0.717, 1.165) is 0 Å². The van der Waals surface area contributed by atoms with Crippen molar-refractivity contribution in [1.29, 1.82) is 0 Å². The van der Waals surface area contributed by atoms with E-state index in [1.807, 2.05) is 13.8 Å². The molecule has 2 aromatic rings. The van der Waals surface area contributed by atoms with Gasteiger partial charge in [-0.25, -0.2) is 4.79 Å². The van der Waals surface area contributed by atoms with Crippen LogP contribution in [0.5, 0.6) is 11.8 Å². The maximum Gasteiger partial charge on any atom is 0.415 e. The molecule has 1 saturated heterocycles. The first kappa shape index (κ1) is 22.4. The largest absolute Gasteiger partial charge is 0.489 e. The van der Waals surface area contributed by atoms with E-state index in [4.69, 9.17) is 9.47 Å². The maximum atomic E-state index is 12.9. The number of rotatable bonds is 6. The lowest BCUT2D eigenvalue weighted by Gasteiger charge is -2.39. The molecular weight excluding hydrogens is 434 g/mol. The molecule has 0 aliphatic carbocycles. The quantitative estimate of drug-likeness (QED) is 0.512. The first-order valence-electron chi connectivity index (χ1n) is 10.6. The zero-order valence-corrected chi connectivity index (χ0v) is 18.3. The molecule has 4 rings (SSSR count). The summed E-state index contributed by atoms with van der Waals surface area (Å²) < 4.78 is 13.2. The molecule has 1 unspecified atom stereocenters. The third-order valence-electron chi connectivity index (χ3n) is 5.89. The molecule has 2 aliphatic rings. The van der Waals surface area contributed by atoms with Crippen molar-refractivity contribution in [2.24, 2.45) is 0 Å². The number of ether oxygens (including phenoxy) is 2. The van der Waals surface area contributed by atoms with Crippen LogP contribution in [0.2, 0.25) is 0 Å². The highest BCUT2D eigenvalue weighted by molar-refractivity contribution is 5.94. The molecule has 0 spiro atoms. The van der Waals surface area contributed by atoms with Crippen molar-refractivity contribution in [2.45, 2.75) is 38.5 Å². The summed E-state index contributed by atoms with van der Waals surface area (Å²) in [4.78, 5) is 41.4. The second kappa shape index (κ2) is 8.60.